The number of pyridine rings is 1. The van der Waals surface area contributed by atoms with Crippen LogP contribution in [-0.4, -0.2) is 34.4 Å². The second-order valence-electron chi connectivity index (χ2n) is 6.87. The highest BCUT2D eigenvalue weighted by atomic mass is 32.1. The van der Waals surface area contributed by atoms with E-state index in [2.05, 4.69) is 20.6 Å². The maximum absolute atomic E-state index is 12.3. The first-order chi connectivity index (χ1) is 14.5. The zero-order valence-corrected chi connectivity index (χ0v) is 17.7. The summed E-state index contributed by atoms with van der Waals surface area (Å²) in [6, 6.07) is 11.3. The second-order valence-corrected chi connectivity index (χ2v) is 7.73. The fourth-order valence-corrected chi connectivity index (χ4v) is 3.44. The largest absolute Gasteiger partial charge is 0.491 e. The van der Waals surface area contributed by atoms with Crippen LogP contribution in [-0.2, 0) is 11.3 Å². The quantitative estimate of drug-likeness (QED) is 0.549. The first kappa shape index (κ1) is 21.4. The molecule has 156 valence electrons. The fraction of sp³-hybridized carbons (Fsp3) is 0.273. The number of ether oxygens (including phenoxy) is 1. The smallest absolute Gasteiger partial charge is 0.270 e. The van der Waals surface area contributed by atoms with Crippen LogP contribution in [0.25, 0.3) is 10.6 Å². The highest BCUT2D eigenvalue weighted by molar-refractivity contribution is 7.13. The summed E-state index contributed by atoms with van der Waals surface area (Å²) in [5.41, 5.74) is 2.19. The minimum atomic E-state index is -0.294. The summed E-state index contributed by atoms with van der Waals surface area (Å²) < 4.78 is 5.64. The van der Waals surface area contributed by atoms with Crippen LogP contribution in [0, 0.1) is 0 Å². The Morgan fingerprint density at radius 3 is 2.63 bits per heavy atom. The molecule has 7 nitrogen and oxygen atoms in total. The van der Waals surface area contributed by atoms with Crippen molar-refractivity contribution in [3.05, 3.63) is 65.4 Å². The molecule has 0 saturated heterocycles. The molecule has 2 N–H and O–H groups in total. The van der Waals surface area contributed by atoms with Gasteiger partial charge in [0.05, 0.1) is 6.10 Å². The van der Waals surface area contributed by atoms with Gasteiger partial charge in [0.25, 0.3) is 5.91 Å². The lowest BCUT2D eigenvalue weighted by atomic mass is 10.2. The van der Waals surface area contributed by atoms with Crippen molar-refractivity contribution in [2.75, 3.05) is 6.54 Å². The van der Waals surface area contributed by atoms with Crippen LogP contribution in [0.3, 0.4) is 0 Å². The molecule has 2 heterocycles. The van der Waals surface area contributed by atoms with Gasteiger partial charge in [-0.3, -0.25) is 14.6 Å². The molecule has 1 aromatic carbocycles. The Balaban J connectivity index is 1.45. The summed E-state index contributed by atoms with van der Waals surface area (Å²) in [5.74, 6) is 0.365. The van der Waals surface area contributed by atoms with Crippen molar-refractivity contribution < 1.29 is 14.3 Å². The summed E-state index contributed by atoms with van der Waals surface area (Å²) in [6.45, 7) is 4.61. The Labute approximate surface area is 179 Å². The van der Waals surface area contributed by atoms with E-state index >= 15 is 0 Å². The van der Waals surface area contributed by atoms with Gasteiger partial charge >= 0.3 is 0 Å². The lowest BCUT2D eigenvalue weighted by Gasteiger charge is -2.09. The number of carbonyl (C=O) groups excluding carboxylic acids is 2. The molecule has 0 unspecified atom stereocenters. The normalized spacial score (nSPS) is 10.6. The molecule has 8 heteroatoms. The molecule has 0 saturated carbocycles. The summed E-state index contributed by atoms with van der Waals surface area (Å²) >= 11 is 1.40. The standard InChI is InChI=1S/C22H24N4O3S/c1-15(2)29-18-7-5-17(6-8-18)22-26-19(14-30-22)21(28)24-11-9-20(27)25-13-16-4-3-10-23-12-16/h3-8,10,12,14-15H,9,11,13H2,1-2H3,(H,24,28)(H,25,27). The summed E-state index contributed by atoms with van der Waals surface area (Å²) in [5, 5.41) is 8.00. The fourth-order valence-electron chi connectivity index (χ4n) is 2.63. The van der Waals surface area contributed by atoms with E-state index in [0.717, 1.165) is 21.9 Å². The first-order valence-electron chi connectivity index (χ1n) is 9.67. The van der Waals surface area contributed by atoms with Gasteiger partial charge in [-0.15, -0.1) is 11.3 Å². The highest BCUT2D eigenvalue weighted by Crippen LogP contribution is 2.26. The Hall–Kier alpha value is -3.26. The predicted octanol–water partition coefficient (Wildman–Crippen LogP) is 3.43. The molecule has 2 amide bonds. The zero-order chi connectivity index (χ0) is 21.3. The molecule has 3 aromatic rings. The van der Waals surface area contributed by atoms with E-state index in [4.69, 9.17) is 4.74 Å². The summed E-state index contributed by atoms with van der Waals surface area (Å²) in [4.78, 5) is 32.6. The van der Waals surface area contributed by atoms with Crippen molar-refractivity contribution in [1.82, 2.24) is 20.6 Å². The number of nitrogens with one attached hydrogen (secondary N) is 2. The van der Waals surface area contributed by atoms with Crippen molar-refractivity contribution in [3.8, 4) is 16.3 Å². The van der Waals surface area contributed by atoms with Crippen molar-refractivity contribution in [2.45, 2.75) is 32.9 Å². The number of aromatic nitrogens is 2. The van der Waals surface area contributed by atoms with Gasteiger partial charge in [0.2, 0.25) is 5.91 Å². The van der Waals surface area contributed by atoms with Crippen molar-refractivity contribution in [1.29, 1.82) is 0 Å². The number of hydrogen-bond acceptors (Lipinski definition) is 6. The molecule has 0 radical (unpaired) electrons. The van der Waals surface area contributed by atoms with Gasteiger partial charge in [-0.25, -0.2) is 4.98 Å². The van der Waals surface area contributed by atoms with Crippen LogP contribution in [0.2, 0.25) is 0 Å². The summed E-state index contributed by atoms with van der Waals surface area (Å²) in [7, 11) is 0. The van der Waals surface area contributed by atoms with Gasteiger partial charge in [0.15, 0.2) is 0 Å². The molecule has 0 aliphatic rings. The van der Waals surface area contributed by atoms with Crippen molar-refractivity contribution >= 4 is 23.2 Å². The summed E-state index contributed by atoms with van der Waals surface area (Å²) in [6.07, 6.45) is 3.69. The van der Waals surface area contributed by atoms with Crippen molar-refractivity contribution in [3.63, 3.8) is 0 Å². The number of benzene rings is 1. The minimum Gasteiger partial charge on any atom is -0.491 e. The van der Waals surface area contributed by atoms with Crippen molar-refractivity contribution in [2.24, 2.45) is 0 Å². The van der Waals surface area contributed by atoms with Gasteiger partial charge < -0.3 is 15.4 Å². The van der Waals surface area contributed by atoms with Crippen LogP contribution < -0.4 is 15.4 Å². The molecular weight excluding hydrogens is 400 g/mol. The van der Waals surface area contributed by atoms with E-state index in [9.17, 15) is 9.59 Å². The Bertz CT molecular complexity index is 972. The number of rotatable bonds is 9. The van der Waals surface area contributed by atoms with E-state index in [1.165, 1.54) is 11.3 Å². The Morgan fingerprint density at radius 2 is 1.93 bits per heavy atom. The zero-order valence-electron chi connectivity index (χ0n) is 16.9. The van der Waals surface area contributed by atoms with Crippen LogP contribution in [0.15, 0.2) is 54.2 Å². The number of thiazole rings is 1. The van der Waals surface area contributed by atoms with E-state index in [1.54, 1.807) is 17.8 Å². The first-order valence-corrected chi connectivity index (χ1v) is 10.6. The molecule has 0 aliphatic heterocycles. The highest BCUT2D eigenvalue weighted by Gasteiger charge is 2.12. The average Bonchev–Trinajstić information content (AvgIpc) is 3.23. The maximum atomic E-state index is 12.3. The molecule has 0 fully saturated rings. The molecule has 3 rings (SSSR count). The van der Waals surface area contributed by atoms with Gasteiger partial charge in [-0.1, -0.05) is 6.07 Å². The number of nitrogens with zero attached hydrogens (tertiary/aromatic N) is 2. The van der Waals surface area contributed by atoms with Crippen LogP contribution in [0.1, 0.15) is 36.3 Å². The minimum absolute atomic E-state index is 0.114. The van der Waals surface area contributed by atoms with E-state index in [1.807, 2.05) is 50.2 Å². The van der Waals surface area contributed by atoms with Crippen LogP contribution in [0.4, 0.5) is 0 Å². The van der Waals surface area contributed by atoms with Gasteiger partial charge in [-0.05, 0) is 49.7 Å². The molecule has 2 aromatic heterocycles. The van der Waals surface area contributed by atoms with E-state index in [-0.39, 0.29) is 30.9 Å². The van der Waals surface area contributed by atoms with Gasteiger partial charge in [0.1, 0.15) is 16.5 Å². The average molecular weight is 425 g/mol. The lowest BCUT2D eigenvalue weighted by molar-refractivity contribution is -0.121. The third-order valence-electron chi connectivity index (χ3n) is 4.06. The lowest BCUT2D eigenvalue weighted by Crippen LogP contribution is -2.30. The SMILES string of the molecule is CC(C)Oc1ccc(-c2nc(C(=O)NCCC(=O)NCc3cccnc3)cs2)cc1. The maximum Gasteiger partial charge on any atom is 0.270 e. The molecule has 0 aliphatic carbocycles. The van der Waals surface area contributed by atoms with Gasteiger partial charge in [-0.2, -0.15) is 0 Å². The van der Waals surface area contributed by atoms with Crippen LogP contribution >= 0.6 is 11.3 Å². The topological polar surface area (TPSA) is 93.2 Å². The van der Waals surface area contributed by atoms with E-state index in [0.29, 0.717) is 12.2 Å². The third kappa shape index (κ3) is 6.38. The molecule has 0 bridgehead atoms. The third-order valence-corrected chi connectivity index (χ3v) is 4.95. The molecular formula is C22H24N4O3S. The monoisotopic (exact) mass is 424 g/mol. The predicted molar refractivity (Wildman–Crippen MR) is 116 cm³/mol. The Kier molecular flexibility index (Phi) is 7.51. The number of amides is 2. The van der Waals surface area contributed by atoms with Gasteiger partial charge in [0, 0.05) is 42.8 Å². The number of hydrogen-bond donors (Lipinski definition) is 2. The van der Waals surface area contributed by atoms with E-state index < -0.39 is 0 Å². The molecule has 0 spiro atoms. The van der Waals surface area contributed by atoms with Crippen LogP contribution in [0.5, 0.6) is 5.75 Å². The Morgan fingerprint density at radius 1 is 1.13 bits per heavy atom. The molecule has 0 atom stereocenters. The number of carbonyl (C=O) groups is 2. The second kappa shape index (κ2) is 10.5. The molecule has 30 heavy (non-hydrogen) atoms.